The molecule has 1 heterocycles. The minimum atomic E-state index is -0.0186. The van der Waals surface area contributed by atoms with Crippen LogP contribution in [-0.2, 0) is 9.53 Å². The zero-order valence-corrected chi connectivity index (χ0v) is 15.1. The van der Waals surface area contributed by atoms with Gasteiger partial charge in [-0.2, -0.15) is 0 Å². The quantitative estimate of drug-likeness (QED) is 0.683. The highest BCUT2D eigenvalue weighted by atomic mass is 35.5. The van der Waals surface area contributed by atoms with Crippen LogP contribution in [0.2, 0.25) is 0 Å². The van der Waals surface area contributed by atoms with Crippen molar-refractivity contribution in [2.75, 3.05) is 26.2 Å². The van der Waals surface area contributed by atoms with E-state index in [0.29, 0.717) is 11.7 Å². The van der Waals surface area contributed by atoms with Gasteiger partial charge >= 0.3 is 0 Å². The summed E-state index contributed by atoms with van der Waals surface area (Å²) < 4.78 is 6.05. The molecule has 0 radical (unpaired) electrons. The molecule has 1 aliphatic heterocycles. The number of carbonyl (C=O) groups excluding carboxylic acids is 1. The molecule has 3 aliphatic rings. The number of nitrogens with zero attached hydrogens (tertiary/aromatic N) is 1. The number of alkyl halides is 1. The number of carbonyl (C=O) groups is 1. The number of ketones is 1. The van der Waals surface area contributed by atoms with Gasteiger partial charge in [0, 0.05) is 23.8 Å². The van der Waals surface area contributed by atoms with Gasteiger partial charge in [0.1, 0.15) is 5.78 Å². The average Bonchev–Trinajstić information content (AvgIpc) is 3.09. The average molecular weight is 342 g/mol. The Morgan fingerprint density at radius 2 is 1.74 bits per heavy atom. The van der Waals surface area contributed by atoms with Crippen LogP contribution in [0, 0.1) is 11.8 Å². The Morgan fingerprint density at radius 1 is 1.00 bits per heavy atom. The summed E-state index contributed by atoms with van der Waals surface area (Å²) in [5.41, 5.74) is 0. The second-order valence-electron chi connectivity index (χ2n) is 7.71. The van der Waals surface area contributed by atoms with Crippen LogP contribution in [0.4, 0.5) is 0 Å². The van der Waals surface area contributed by atoms with Crippen LogP contribution < -0.4 is 0 Å². The molecule has 3 nitrogen and oxygen atoms in total. The lowest BCUT2D eigenvalue weighted by Crippen LogP contribution is -2.38. The Bertz CT molecular complexity index is 378. The first kappa shape index (κ1) is 17.7. The summed E-state index contributed by atoms with van der Waals surface area (Å²) in [4.78, 5) is 15.2. The van der Waals surface area contributed by atoms with Crippen LogP contribution in [0.15, 0.2) is 0 Å². The van der Waals surface area contributed by atoms with Crippen molar-refractivity contribution >= 4 is 17.4 Å². The number of hydrogen-bond donors (Lipinski definition) is 0. The lowest BCUT2D eigenvalue weighted by Gasteiger charge is -2.34. The molecule has 3 fully saturated rings. The Morgan fingerprint density at radius 3 is 2.43 bits per heavy atom. The first-order chi connectivity index (χ1) is 11.2. The predicted molar refractivity (Wildman–Crippen MR) is 94.0 cm³/mol. The van der Waals surface area contributed by atoms with Crippen molar-refractivity contribution in [3.05, 3.63) is 0 Å². The smallest absolute Gasteiger partial charge is 0.140 e. The van der Waals surface area contributed by atoms with Gasteiger partial charge in [-0.05, 0) is 58.0 Å². The molecule has 0 N–H and O–H groups in total. The van der Waals surface area contributed by atoms with E-state index in [1.165, 1.54) is 45.2 Å². The summed E-state index contributed by atoms with van der Waals surface area (Å²) in [7, 11) is 0. The first-order valence-corrected chi connectivity index (χ1v) is 10.2. The van der Waals surface area contributed by atoms with Crippen molar-refractivity contribution in [3.8, 4) is 0 Å². The van der Waals surface area contributed by atoms with Crippen molar-refractivity contribution < 1.29 is 9.53 Å². The Kier molecular flexibility index (Phi) is 6.79. The van der Waals surface area contributed by atoms with Gasteiger partial charge in [-0.25, -0.2) is 0 Å². The number of hydrogen-bond acceptors (Lipinski definition) is 3. The third kappa shape index (κ3) is 4.93. The zero-order chi connectivity index (χ0) is 16.1. The van der Waals surface area contributed by atoms with E-state index in [2.05, 4.69) is 4.90 Å². The van der Waals surface area contributed by atoms with Crippen LogP contribution >= 0.6 is 11.6 Å². The highest BCUT2D eigenvalue weighted by Crippen LogP contribution is 2.36. The van der Waals surface area contributed by atoms with E-state index >= 15 is 0 Å². The predicted octanol–water partition coefficient (Wildman–Crippen LogP) is 4.02. The number of ether oxygens (including phenoxy) is 1. The SMILES string of the molecule is O=C(C1CCCCC1)C1CCC(OCCN2CCCC2)CC1Cl. The van der Waals surface area contributed by atoms with Crippen molar-refractivity contribution in [3.63, 3.8) is 0 Å². The summed E-state index contributed by atoms with van der Waals surface area (Å²) in [6.07, 6.45) is 11.6. The molecule has 3 rings (SSSR count). The molecule has 0 amide bonds. The molecule has 23 heavy (non-hydrogen) atoms. The maximum absolute atomic E-state index is 12.7. The molecule has 0 bridgehead atoms. The fourth-order valence-corrected chi connectivity index (χ4v) is 5.04. The largest absolute Gasteiger partial charge is 0.377 e. The molecular formula is C19H32ClNO2. The maximum atomic E-state index is 12.7. The summed E-state index contributed by atoms with van der Waals surface area (Å²) in [5, 5.41) is -0.0186. The molecule has 0 aromatic carbocycles. The van der Waals surface area contributed by atoms with Gasteiger partial charge in [-0.1, -0.05) is 19.3 Å². The van der Waals surface area contributed by atoms with E-state index in [9.17, 15) is 4.79 Å². The van der Waals surface area contributed by atoms with E-state index in [4.69, 9.17) is 16.3 Å². The van der Waals surface area contributed by atoms with Crippen molar-refractivity contribution in [1.29, 1.82) is 0 Å². The second kappa shape index (κ2) is 8.82. The van der Waals surface area contributed by atoms with Crippen molar-refractivity contribution in [1.82, 2.24) is 4.90 Å². The molecule has 2 saturated carbocycles. The fraction of sp³-hybridized carbons (Fsp3) is 0.947. The molecule has 2 aliphatic carbocycles. The molecule has 4 heteroatoms. The molecule has 0 spiro atoms. The van der Waals surface area contributed by atoms with Crippen LogP contribution in [0.5, 0.6) is 0 Å². The number of rotatable bonds is 6. The van der Waals surface area contributed by atoms with Gasteiger partial charge in [-0.15, -0.1) is 11.6 Å². The highest BCUT2D eigenvalue weighted by molar-refractivity contribution is 6.22. The van der Waals surface area contributed by atoms with Gasteiger partial charge in [0.05, 0.1) is 12.7 Å². The molecular weight excluding hydrogens is 310 g/mol. The van der Waals surface area contributed by atoms with E-state index in [1.54, 1.807) is 0 Å². The van der Waals surface area contributed by atoms with Crippen LogP contribution in [0.3, 0.4) is 0 Å². The minimum absolute atomic E-state index is 0.0186. The van der Waals surface area contributed by atoms with Crippen LogP contribution in [0.25, 0.3) is 0 Å². The molecule has 0 aromatic heterocycles. The Hall–Kier alpha value is -0.120. The van der Waals surface area contributed by atoms with E-state index in [0.717, 1.165) is 45.3 Å². The molecule has 0 aromatic rings. The second-order valence-corrected chi connectivity index (χ2v) is 8.27. The van der Waals surface area contributed by atoms with Gasteiger partial charge in [0.25, 0.3) is 0 Å². The normalized spacial score (nSPS) is 33.9. The number of likely N-dealkylation sites (tertiary alicyclic amines) is 1. The van der Waals surface area contributed by atoms with Crippen LogP contribution in [0.1, 0.15) is 64.2 Å². The van der Waals surface area contributed by atoms with E-state index < -0.39 is 0 Å². The van der Waals surface area contributed by atoms with Gasteiger partial charge in [0.2, 0.25) is 0 Å². The Labute approximate surface area is 146 Å². The monoisotopic (exact) mass is 341 g/mol. The van der Waals surface area contributed by atoms with Crippen molar-refractivity contribution in [2.45, 2.75) is 75.7 Å². The van der Waals surface area contributed by atoms with E-state index in [-0.39, 0.29) is 17.4 Å². The Balaban J connectivity index is 1.38. The maximum Gasteiger partial charge on any atom is 0.140 e. The number of halogens is 1. The molecule has 1 saturated heterocycles. The molecule has 3 atom stereocenters. The molecule has 132 valence electrons. The lowest BCUT2D eigenvalue weighted by molar-refractivity contribution is -0.129. The molecule has 3 unspecified atom stereocenters. The van der Waals surface area contributed by atoms with E-state index in [1.807, 2.05) is 0 Å². The summed E-state index contributed by atoms with van der Waals surface area (Å²) in [5.74, 6) is 0.834. The third-order valence-corrected chi connectivity index (χ3v) is 6.54. The van der Waals surface area contributed by atoms with Crippen molar-refractivity contribution in [2.24, 2.45) is 11.8 Å². The summed E-state index contributed by atoms with van der Waals surface area (Å²) >= 11 is 6.59. The summed E-state index contributed by atoms with van der Waals surface area (Å²) in [6.45, 7) is 4.32. The van der Waals surface area contributed by atoms with Gasteiger partial charge < -0.3 is 9.64 Å². The van der Waals surface area contributed by atoms with Gasteiger partial charge in [0.15, 0.2) is 0 Å². The van der Waals surface area contributed by atoms with Gasteiger partial charge in [-0.3, -0.25) is 4.79 Å². The number of Topliss-reactive ketones (excluding diaryl/α,β-unsaturated/α-hetero) is 1. The zero-order valence-electron chi connectivity index (χ0n) is 14.4. The van der Waals surface area contributed by atoms with Crippen LogP contribution in [-0.4, -0.2) is 48.4 Å². The fourth-order valence-electron chi connectivity index (χ4n) is 4.60. The highest BCUT2D eigenvalue weighted by Gasteiger charge is 2.37. The minimum Gasteiger partial charge on any atom is -0.377 e. The standard InChI is InChI=1S/C19H32ClNO2/c20-18-14-16(23-13-12-21-10-4-5-11-21)8-9-17(18)19(22)15-6-2-1-3-7-15/h15-18H,1-14H2. The first-order valence-electron chi connectivity index (χ1n) is 9.76. The lowest BCUT2D eigenvalue weighted by atomic mass is 9.76. The topological polar surface area (TPSA) is 29.5 Å². The third-order valence-electron chi connectivity index (χ3n) is 6.06. The summed E-state index contributed by atoms with van der Waals surface area (Å²) in [6, 6.07) is 0.